The second-order valence-electron chi connectivity index (χ2n) is 11.8. The highest BCUT2D eigenvalue weighted by Crippen LogP contribution is 2.46. The molecule has 0 N–H and O–H groups in total. The maximum atomic E-state index is 4.85. The summed E-state index contributed by atoms with van der Waals surface area (Å²) in [6.07, 6.45) is 2.83. The number of nitrogens with zero attached hydrogens (tertiary/aromatic N) is 2. The summed E-state index contributed by atoms with van der Waals surface area (Å²) < 4.78 is 5.19. The Morgan fingerprint density at radius 2 is 1.60 bits per heavy atom. The number of fused-ring (bicyclic) bond motifs is 6. The number of thiophene rings is 2. The lowest BCUT2D eigenvalue weighted by Gasteiger charge is -2.21. The second-order valence-corrected chi connectivity index (χ2v) is 18.9. The Morgan fingerprint density at radius 3 is 2.37 bits per heavy atom. The molecule has 0 fully saturated rings. The summed E-state index contributed by atoms with van der Waals surface area (Å²) in [6, 6.07) is 20.5. The standard InChI is InChI=1S/C30H30N2S2Si/c1-30(2,3)16-18-11-12-23-22(13-18)27-29(33-23)26-28(34-27)25(31-17-32-26)20-14-19-9-7-8-10-21(19)24(15-20)35(4,5)6/h7-15,17H,16H2,1-6H3. The Hall–Kier alpha value is -2.60. The summed E-state index contributed by atoms with van der Waals surface area (Å²) >= 11 is 3.73. The molecule has 0 atom stereocenters. The maximum Gasteiger partial charge on any atom is 0.116 e. The van der Waals surface area contributed by atoms with Crippen molar-refractivity contribution in [3.8, 4) is 11.3 Å². The van der Waals surface area contributed by atoms with E-state index in [0.717, 1.165) is 17.6 Å². The van der Waals surface area contributed by atoms with Crippen LogP contribution in [0.25, 0.3) is 51.7 Å². The van der Waals surface area contributed by atoms with Gasteiger partial charge in [-0.05, 0) is 46.4 Å². The van der Waals surface area contributed by atoms with Crippen LogP contribution in [-0.4, -0.2) is 18.0 Å². The predicted molar refractivity (Wildman–Crippen MR) is 159 cm³/mol. The van der Waals surface area contributed by atoms with Crippen LogP contribution in [0, 0.1) is 5.41 Å². The van der Waals surface area contributed by atoms with Crippen LogP contribution in [0.2, 0.25) is 19.6 Å². The molecule has 35 heavy (non-hydrogen) atoms. The molecule has 176 valence electrons. The summed E-state index contributed by atoms with van der Waals surface area (Å²) in [6.45, 7) is 14.2. The molecule has 0 amide bonds. The Balaban J connectivity index is 1.60. The first-order valence-corrected chi connectivity index (χ1v) is 17.3. The van der Waals surface area contributed by atoms with Gasteiger partial charge in [0, 0.05) is 15.6 Å². The molecule has 0 saturated carbocycles. The van der Waals surface area contributed by atoms with Crippen molar-refractivity contribution in [3.05, 3.63) is 66.5 Å². The van der Waals surface area contributed by atoms with Crippen molar-refractivity contribution in [1.82, 2.24) is 9.97 Å². The van der Waals surface area contributed by atoms with E-state index in [1.807, 2.05) is 22.7 Å². The molecule has 3 heterocycles. The zero-order valence-electron chi connectivity index (χ0n) is 21.2. The molecule has 0 radical (unpaired) electrons. The van der Waals surface area contributed by atoms with Crippen LogP contribution in [0.3, 0.4) is 0 Å². The molecule has 0 aliphatic heterocycles. The highest BCUT2D eigenvalue weighted by Gasteiger charge is 2.23. The molecule has 2 nitrogen and oxygen atoms in total. The quantitative estimate of drug-likeness (QED) is 0.222. The normalized spacial score (nSPS) is 13.0. The van der Waals surface area contributed by atoms with E-state index in [2.05, 4.69) is 95.0 Å². The van der Waals surface area contributed by atoms with Crippen LogP contribution in [0.5, 0.6) is 0 Å². The fraction of sp³-hybridized carbons (Fsp3) is 0.267. The highest BCUT2D eigenvalue weighted by atomic mass is 32.1. The lowest BCUT2D eigenvalue weighted by Crippen LogP contribution is -2.38. The number of benzene rings is 3. The van der Waals surface area contributed by atoms with Crippen molar-refractivity contribution in [1.29, 1.82) is 0 Å². The van der Waals surface area contributed by atoms with Crippen LogP contribution >= 0.6 is 22.7 Å². The van der Waals surface area contributed by atoms with E-state index >= 15 is 0 Å². The largest absolute Gasteiger partial charge is 0.235 e. The number of aromatic nitrogens is 2. The van der Waals surface area contributed by atoms with E-state index in [9.17, 15) is 0 Å². The Labute approximate surface area is 215 Å². The first-order chi connectivity index (χ1) is 16.6. The third kappa shape index (κ3) is 4.00. The first kappa shape index (κ1) is 22.8. The molecule has 0 unspecified atom stereocenters. The van der Waals surface area contributed by atoms with Gasteiger partial charge in [-0.25, -0.2) is 9.97 Å². The highest BCUT2D eigenvalue weighted by molar-refractivity contribution is 7.36. The molecule has 3 aromatic carbocycles. The minimum Gasteiger partial charge on any atom is -0.235 e. The summed E-state index contributed by atoms with van der Waals surface area (Å²) in [5, 5.41) is 5.53. The van der Waals surface area contributed by atoms with E-state index in [1.54, 1.807) is 6.33 Å². The second kappa shape index (κ2) is 7.95. The van der Waals surface area contributed by atoms with Gasteiger partial charge in [-0.1, -0.05) is 82.0 Å². The molecule has 5 heteroatoms. The number of hydrogen-bond acceptors (Lipinski definition) is 4. The third-order valence-corrected chi connectivity index (χ3v) is 11.2. The Kier molecular flexibility index (Phi) is 5.19. The topological polar surface area (TPSA) is 25.8 Å². The molecule has 0 bridgehead atoms. The van der Waals surface area contributed by atoms with Gasteiger partial charge in [-0.2, -0.15) is 0 Å². The van der Waals surface area contributed by atoms with Gasteiger partial charge >= 0.3 is 0 Å². The Bertz CT molecular complexity index is 1750. The smallest absolute Gasteiger partial charge is 0.116 e. The zero-order valence-corrected chi connectivity index (χ0v) is 23.8. The van der Waals surface area contributed by atoms with Gasteiger partial charge in [0.1, 0.15) is 11.8 Å². The lowest BCUT2D eigenvalue weighted by molar-refractivity contribution is 0.411. The maximum absolute atomic E-state index is 4.85. The minimum atomic E-state index is -1.55. The predicted octanol–water partition coefficient (Wildman–Crippen LogP) is 9.01. The van der Waals surface area contributed by atoms with Gasteiger partial charge in [0.15, 0.2) is 0 Å². The average Bonchev–Trinajstić information content (AvgIpc) is 3.33. The molecule has 0 aliphatic carbocycles. The van der Waals surface area contributed by atoms with Crippen LogP contribution in [0.15, 0.2) is 60.9 Å². The fourth-order valence-electron chi connectivity index (χ4n) is 5.11. The molecule has 3 aromatic heterocycles. The van der Waals surface area contributed by atoms with Crippen molar-refractivity contribution < 1.29 is 0 Å². The Morgan fingerprint density at radius 1 is 0.800 bits per heavy atom. The monoisotopic (exact) mass is 510 g/mol. The van der Waals surface area contributed by atoms with Gasteiger partial charge in [-0.3, -0.25) is 0 Å². The van der Waals surface area contributed by atoms with Crippen molar-refractivity contribution in [2.45, 2.75) is 46.8 Å². The summed E-state index contributed by atoms with van der Waals surface area (Å²) in [4.78, 5) is 9.63. The van der Waals surface area contributed by atoms with Crippen LogP contribution < -0.4 is 5.19 Å². The van der Waals surface area contributed by atoms with Crippen molar-refractivity contribution >= 4 is 76.4 Å². The van der Waals surface area contributed by atoms with E-state index in [4.69, 9.17) is 9.97 Å². The molecule has 6 rings (SSSR count). The molecule has 0 spiro atoms. The van der Waals surface area contributed by atoms with Crippen LogP contribution in [-0.2, 0) is 6.42 Å². The third-order valence-electron chi connectivity index (χ3n) is 6.61. The van der Waals surface area contributed by atoms with Gasteiger partial charge in [0.2, 0.25) is 0 Å². The van der Waals surface area contributed by atoms with E-state index in [-0.39, 0.29) is 5.41 Å². The van der Waals surface area contributed by atoms with Gasteiger partial charge in [-0.15, -0.1) is 22.7 Å². The van der Waals surface area contributed by atoms with Gasteiger partial charge in [0.25, 0.3) is 0 Å². The molecule has 6 aromatic rings. The van der Waals surface area contributed by atoms with Crippen molar-refractivity contribution in [2.24, 2.45) is 5.41 Å². The zero-order chi connectivity index (χ0) is 24.5. The number of rotatable bonds is 3. The summed E-state index contributed by atoms with van der Waals surface area (Å²) in [7, 11) is -1.55. The molecule has 0 aliphatic rings. The summed E-state index contributed by atoms with van der Waals surface area (Å²) in [5.74, 6) is 0. The van der Waals surface area contributed by atoms with Crippen LogP contribution in [0.1, 0.15) is 26.3 Å². The van der Waals surface area contributed by atoms with E-state index in [1.165, 1.54) is 51.3 Å². The average molecular weight is 511 g/mol. The molecular weight excluding hydrogens is 481 g/mol. The summed E-state index contributed by atoms with van der Waals surface area (Å²) in [5.41, 5.74) is 5.04. The lowest BCUT2D eigenvalue weighted by atomic mass is 9.88. The van der Waals surface area contributed by atoms with Gasteiger partial charge < -0.3 is 0 Å². The molecule has 0 saturated heterocycles. The first-order valence-electron chi connectivity index (χ1n) is 12.2. The van der Waals surface area contributed by atoms with Crippen molar-refractivity contribution in [3.63, 3.8) is 0 Å². The SMILES string of the molecule is CC(C)(C)Cc1ccc2sc3c4ncnc(-c5cc([Si](C)(C)C)c6ccccc6c5)c4sc3c2c1. The van der Waals surface area contributed by atoms with Crippen molar-refractivity contribution in [2.75, 3.05) is 0 Å². The van der Waals surface area contributed by atoms with E-state index in [0.29, 0.717) is 0 Å². The van der Waals surface area contributed by atoms with Gasteiger partial charge in [0.05, 0.1) is 27.9 Å². The minimum absolute atomic E-state index is 0.270. The van der Waals surface area contributed by atoms with Crippen LogP contribution in [0.4, 0.5) is 0 Å². The molecular formula is C30H30N2S2Si. The van der Waals surface area contributed by atoms with E-state index < -0.39 is 8.07 Å². The fourth-order valence-corrected chi connectivity index (χ4v) is 9.38. The number of hydrogen-bond donors (Lipinski definition) is 0.